The lowest BCUT2D eigenvalue weighted by Gasteiger charge is -2.16. The number of aryl methyl sites for hydroxylation is 2. The minimum absolute atomic E-state index is 0.447. The largest absolute Gasteiger partial charge is 0.492 e. The molecule has 4 nitrogen and oxygen atoms in total. The molecule has 3 rings (SSSR count). The summed E-state index contributed by atoms with van der Waals surface area (Å²) in [6.45, 7) is 8.88. The summed E-state index contributed by atoms with van der Waals surface area (Å²) < 4.78 is 14.0. The van der Waals surface area contributed by atoms with E-state index in [1.165, 1.54) is 5.56 Å². The van der Waals surface area contributed by atoms with Crippen LogP contribution in [0.5, 0.6) is 17.5 Å². The predicted molar refractivity (Wildman–Crippen MR) is 116 cm³/mol. The summed E-state index contributed by atoms with van der Waals surface area (Å²) in [5, 5.41) is 1.04. The minimum Gasteiger partial charge on any atom is -0.492 e. The number of imidazole rings is 1. The first kappa shape index (κ1) is 20.8. The third kappa shape index (κ3) is 3.81. The SMILES string of the molecule is CCOc1ccc(C(CC)CC)c2c1nc(Oc1c(C)cc(Cl)cc1Cl)n2C. The van der Waals surface area contributed by atoms with Crippen molar-refractivity contribution < 1.29 is 9.47 Å². The van der Waals surface area contributed by atoms with Crippen LogP contribution in [0.25, 0.3) is 11.0 Å². The van der Waals surface area contributed by atoms with E-state index in [1.807, 2.05) is 37.6 Å². The number of halogens is 2. The number of rotatable bonds is 7. The van der Waals surface area contributed by atoms with Crippen molar-refractivity contribution in [3.63, 3.8) is 0 Å². The molecule has 0 radical (unpaired) electrons. The quantitative estimate of drug-likeness (QED) is 0.402. The number of benzene rings is 2. The Morgan fingerprint density at radius 1 is 1.11 bits per heavy atom. The van der Waals surface area contributed by atoms with Gasteiger partial charge in [-0.1, -0.05) is 43.1 Å². The molecule has 1 aromatic heterocycles. The van der Waals surface area contributed by atoms with Gasteiger partial charge in [-0.05, 0) is 61.9 Å². The topological polar surface area (TPSA) is 36.3 Å². The van der Waals surface area contributed by atoms with Gasteiger partial charge in [0.25, 0.3) is 0 Å². The maximum Gasteiger partial charge on any atom is 0.302 e. The molecule has 0 N–H and O–H groups in total. The van der Waals surface area contributed by atoms with Crippen molar-refractivity contribution in [1.82, 2.24) is 9.55 Å². The third-order valence-corrected chi connectivity index (χ3v) is 5.59. The molecule has 0 spiro atoms. The van der Waals surface area contributed by atoms with Crippen LogP contribution in [0, 0.1) is 6.92 Å². The average molecular weight is 421 g/mol. The number of ether oxygens (including phenoxy) is 2. The van der Waals surface area contributed by atoms with E-state index in [0.717, 1.165) is 35.2 Å². The molecule has 0 aliphatic rings. The van der Waals surface area contributed by atoms with Crippen LogP contribution in [-0.2, 0) is 7.05 Å². The Morgan fingerprint density at radius 3 is 2.43 bits per heavy atom. The maximum atomic E-state index is 6.37. The number of hydrogen-bond acceptors (Lipinski definition) is 3. The molecule has 2 aromatic carbocycles. The number of hydrogen-bond donors (Lipinski definition) is 0. The highest BCUT2D eigenvalue weighted by atomic mass is 35.5. The highest BCUT2D eigenvalue weighted by molar-refractivity contribution is 6.35. The summed E-state index contributed by atoms with van der Waals surface area (Å²) in [4.78, 5) is 4.77. The van der Waals surface area contributed by atoms with E-state index in [-0.39, 0.29) is 0 Å². The van der Waals surface area contributed by atoms with Crippen LogP contribution < -0.4 is 9.47 Å². The summed E-state index contributed by atoms with van der Waals surface area (Å²) >= 11 is 12.5. The van der Waals surface area contributed by atoms with Crippen molar-refractivity contribution in [2.45, 2.75) is 46.5 Å². The standard InChI is InChI=1S/C22H26Cl2N2O2/c1-6-14(7-2)16-9-10-18(27-8-3)19-20(16)26(5)22(25-19)28-21-13(4)11-15(23)12-17(21)24/h9-12,14H,6-8H2,1-5H3. The van der Waals surface area contributed by atoms with Crippen LogP contribution in [0.15, 0.2) is 24.3 Å². The van der Waals surface area contributed by atoms with Crippen molar-refractivity contribution in [2.24, 2.45) is 7.05 Å². The van der Waals surface area contributed by atoms with Crippen molar-refractivity contribution >= 4 is 34.2 Å². The second kappa shape index (κ2) is 8.62. The summed E-state index contributed by atoms with van der Waals surface area (Å²) in [7, 11) is 1.96. The van der Waals surface area contributed by atoms with Gasteiger partial charge in [0.05, 0.1) is 17.1 Å². The van der Waals surface area contributed by atoms with Gasteiger partial charge in [-0.25, -0.2) is 0 Å². The zero-order valence-corrected chi connectivity index (χ0v) is 18.5. The van der Waals surface area contributed by atoms with Gasteiger partial charge in [0.15, 0.2) is 5.75 Å². The Bertz CT molecular complexity index is 971. The lowest BCUT2D eigenvalue weighted by Crippen LogP contribution is -2.02. The highest BCUT2D eigenvalue weighted by Gasteiger charge is 2.22. The Kier molecular flexibility index (Phi) is 6.41. The lowest BCUT2D eigenvalue weighted by molar-refractivity contribution is 0.343. The number of nitrogens with zero attached hydrogens (tertiary/aromatic N) is 2. The van der Waals surface area contributed by atoms with Crippen molar-refractivity contribution in [3.8, 4) is 17.5 Å². The first-order chi connectivity index (χ1) is 13.4. The normalized spacial score (nSPS) is 11.4. The molecule has 28 heavy (non-hydrogen) atoms. The fraction of sp³-hybridized carbons (Fsp3) is 0.409. The molecule has 150 valence electrons. The predicted octanol–water partition coefficient (Wildman–Crippen LogP) is 7.28. The zero-order chi connectivity index (χ0) is 20.4. The average Bonchev–Trinajstić information content (AvgIpc) is 2.98. The van der Waals surface area contributed by atoms with Crippen molar-refractivity contribution in [1.29, 1.82) is 0 Å². The van der Waals surface area contributed by atoms with Crippen LogP contribution in [0.1, 0.15) is 50.7 Å². The maximum absolute atomic E-state index is 6.37. The van der Waals surface area contributed by atoms with Crippen LogP contribution in [0.4, 0.5) is 0 Å². The molecule has 3 aromatic rings. The lowest BCUT2D eigenvalue weighted by atomic mass is 9.92. The molecule has 0 aliphatic carbocycles. The monoisotopic (exact) mass is 420 g/mol. The van der Waals surface area contributed by atoms with Gasteiger partial charge in [0, 0.05) is 12.1 Å². The Morgan fingerprint density at radius 2 is 1.82 bits per heavy atom. The van der Waals surface area contributed by atoms with Gasteiger partial charge < -0.3 is 9.47 Å². The van der Waals surface area contributed by atoms with Gasteiger partial charge in [0.1, 0.15) is 11.3 Å². The smallest absolute Gasteiger partial charge is 0.302 e. The number of fused-ring (bicyclic) bond motifs is 1. The molecule has 0 fully saturated rings. The second-order valence-electron chi connectivity index (χ2n) is 6.89. The van der Waals surface area contributed by atoms with Crippen LogP contribution in [-0.4, -0.2) is 16.2 Å². The van der Waals surface area contributed by atoms with E-state index in [4.69, 9.17) is 37.7 Å². The van der Waals surface area contributed by atoms with Gasteiger partial charge in [-0.15, -0.1) is 0 Å². The van der Waals surface area contributed by atoms with Crippen LogP contribution in [0.3, 0.4) is 0 Å². The molecule has 0 bridgehead atoms. The summed E-state index contributed by atoms with van der Waals surface area (Å²) in [5.41, 5.74) is 3.96. The highest BCUT2D eigenvalue weighted by Crippen LogP contribution is 2.40. The van der Waals surface area contributed by atoms with Crippen molar-refractivity contribution in [3.05, 3.63) is 45.4 Å². The third-order valence-electron chi connectivity index (χ3n) is 5.09. The van der Waals surface area contributed by atoms with Crippen molar-refractivity contribution in [2.75, 3.05) is 6.61 Å². The molecule has 1 heterocycles. The Balaban J connectivity index is 2.18. The summed E-state index contributed by atoms with van der Waals surface area (Å²) in [6.07, 6.45) is 2.12. The van der Waals surface area contributed by atoms with Gasteiger partial charge >= 0.3 is 6.01 Å². The zero-order valence-electron chi connectivity index (χ0n) is 17.0. The Labute approximate surface area is 176 Å². The molecule has 0 atom stereocenters. The molecule has 0 amide bonds. The van der Waals surface area contributed by atoms with Gasteiger partial charge in [-0.3, -0.25) is 4.57 Å². The van der Waals surface area contributed by atoms with Crippen LogP contribution >= 0.6 is 23.2 Å². The second-order valence-corrected chi connectivity index (χ2v) is 7.73. The molecule has 0 aliphatic heterocycles. The molecule has 0 unspecified atom stereocenters. The van der Waals surface area contributed by atoms with E-state index in [1.54, 1.807) is 6.07 Å². The minimum atomic E-state index is 0.447. The summed E-state index contributed by atoms with van der Waals surface area (Å²) in [5.74, 6) is 1.77. The summed E-state index contributed by atoms with van der Waals surface area (Å²) in [6, 6.07) is 8.14. The fourth-order valence-electron chi connectivity index (χ4n) is 3.63. The number of aromatic nitrogens is 2. The molecule has 6 heteroatoms. The van der Waals surface area contributed by atoms with Crippen LogP contribution in [0.2, 0.25) is 10.0 Å². The van der Waals surface area contributed by atoms with E-state index in [2.05, 4.69) is 19.9 Å². The van der Waals surface area contributed by atoms with E-state index in [9.17, 15) is 0 Å². The Hall–Kier alpha value is -1.91. The first-order valence-corrected chi connectivity index (χ1v) is 10.4. The van der Waals surface area contributed by atoms with E-state index >= 15 is 0 Å². The molecular weight excluding hydrogens is 395 g/mol. The molecular formula is C22H26Cl2N2O2. The van der Waals surface area contributed by atoms with E-state index in [0.29, 0.717) is 34.3 Å². The first-order valence-electron chi connectivity index (χ1n) is 9.66. The molecule has 0 saturated carbocycles. The van der Waals surface area contributed by atoms with Gasteiger partial charge in [-0.2, -0.15) is 4.98 Å². The van der Waals surface area contributed by atoms with E-state index < -0.39 is 0 Å². The van der Waals surface area contributed by atoms with Gasteiger partial charge in [0.2, 0.25) is 0 Å². The fourth-order valence-corrected chi connectivity index (χ4v) is 4.27. The molecule has 0 saturated heterocycles.